The van der Waals surface area contributed by atoms with Gasteiger partial charge in [-0.05, 0) is 55.3 Å². The van der Waals surface area contributed by atoms with E-state index in [2.05, 4.69) is 13.8 Å². The minimum atomic E-state index is -0.172. The quantitative estimate of drug-likeness (QED) is 0.670. The van der Waals surface area contributed by atoms with Crippen LogP contribution in [0.25, 0.3) is 0 Å². The second-order valence-corrected chi connectivity index (χ2v) is 8.78. The average molecular weight is 288 g/mol. The summed E-state index contributed by atoms with van der Waals surface area (Å²) in [4.78, 5) is 25.3. The Labute approximate surface area is 128 Å². The lowest BCUT2D eigenvalue weighted by Gasteiger charge is -2.58. The van der Waals surface area contributed by atoms with Crippen LogP contribution in [-0.4, -0.2) is 11.6 Å². The molecule has 0 radical (unpaired) electrons. The fourth-order valence-electron chi connectivity index (χ4n) is 6.74. The summed E-state index contributed by atoms with van der Waals surface area (Å²) in [5.41, 5.74) is 0.207. The fraction of sp³-hybridized carbons (Fsp3) is 0.895. The summed E-state index contributed by atoms with van der Waals surface area (Å²) in [5, 5.41) is 0. The van der Waals surface area contributed by atoms with Crippen LogP contribution in [0, 0.1) is 34.5 Å². The molecule has 21 heavy (non-hydrogen) atoms. The Morgan fingerprint density at radius 2 is 1.76 bits per heavy atom. The van der Waals surface area contributed by atoms with Crippen LogP contribution in [0.15, 0.2) is 0 Å². The van der Waals surface area contributed by atoms with Gasteiger partial charge in [0, 0.05) is 24.2 Å². The predicted molar refractivity (Wildman–Crippen MR) is 81.7 cm³/mol. The van der Waals surface area contributed by atoms with E-state index < -0.39 is 0 Å². The van der Waals surface area contributed by atoms with E-state index in [0.29, 0.717) is 34.7 Å². The van der Waals surface area contributed by atoms with Crippen LogP contribution in [0.4, 0.5) is 0 Å². The van der Waals surface area contributed by atoms with Crippen molar-refractivity contribution in [3.63, 3.8) is 0 Å². The van der Waals surface area contributed by atoms with Gasteiger partial charge >= 0.3 is 0 Å². The first-order chi connectivity index (χ1) is 9.97. The Kier molecular flexibility index (Phi) is 2.94. The van der Waals surface area contributed by atoms with Gasteiger partial charge in [0.05, 0.1) is 0 Å². The minimum absolute atomic E-state index is 0.172. The smallest absolute Gasteiger partial charge is 0.139 e. The Morgan fingerprint density at radius 3 is 2.57 bits per heavy atom. The number of carbonyl (C=O) groups excluding carboxylic acids is 2. The number of rotatable bonds is 0. The summed E-state index contributed by atoms with van der Waals surface area (Å²) >= 11 is 0. The highest BCUT2D eigenvalue weighted by molar-refractivity contribution is 5.90. The van der Waals surface area contributed by atoms with Crippen LogP contribution < -0.4 is 0 Å². The zero-order valence-electron chi connectivity index (χ0n) is 13.5. The lowest BCUT2D eigenvalue weighted by atomic mass is 9.45. The summed E-state index contributed by atoms with van der Waals surface area (Å²) < 4.78 is 0. The van der Waals surface area contributed by atoms with Crippen LogP contribution in [0.5, 0.6) is 0 Å². The first-order valence-electron chi connectivity index (χ1n) is 9.03. The third-order valence-corrected chi connectivity index (χ3v) is 8.10. The van der Waals surface area contributed by atoms with Gasteiger partial charge < -0.3 is 0 Å². The molecule has 0 aromatic carbocycles. The van der Waals surface area contributed by atoms with Gasteiger partial charge in [-0.15, -0.1) is 0 Å². The molecule has 116 valence electrons. The number of hydrogen-bond acceptors (Lipinski definition) is 2. The standard InChI is InChI=1S/C19H28O2/c1-18-9-4-3-5-12(18)11-15(20)17-13-6-7-16(21)19(13,2)10-8-14(17)18/h12-14,17H,3-11H2,1-2H3/t12-,13-,14-,17-,18-,19+/m1/s1. The Bertz CT molecular complexity index is 496. The summed E-state index contributed by atoms with van der Waals surface area (Å²) in [6, 6.07) is 0. The molecule has 0 aliphatic heterocycles. The van der Waals surface area contributed by atoms with Gasteiger partial charge in [-0.3, -0.25) is 9.59 Å². The lowest BCUT2D eigenvalue weighted by Crippen LogP contribution is -2.56. The molecule has 0 heterocycles. The average Bonchev–Trinajstić information content (AvgIpc) is 2.76. The van der Waals surface area contributed by atoms with E-state index >= 15 is 0 Å². The SMILES string of the molecule is C[C@@]12CCCC[C@@H]1CC(=O)[C@H]1[C@H]2CC[C@]2(C)C(=O)CC[C@H]12. The van der Waals surface area contributed by atoms with E-state index in [1.807, 2.05) is 0 Å². The summed E-state index contributed by atoms with van der Waals surface area (Å²) in [6.45, 7) is 4.63. The Hall–Kier alpha value is -0.660. The zero-order chi connectivity index (χ0) is 14.8. The van der Waals surface area contributed by atoms with Crippen molar-refractivity contribution in [2.45, 2.75) is 71.6 Å². The molecule has 0 aromatic rings. The fourth-order valence-corrected chi connectivity index (χ4v) is 6.74. The van der Waals surface area contributed by atoms with E-state index in [1.54, 1.807) is 0 Å². The van der Waals surface area contributed by atoms with E-state index in [4.69, 9.17) is 0 Å². The highest BCUT2D eigenvalue weighted by Gasteiger charge is 2.62. The molecule has 2 nitrogen and oxygen atoms in total. The monoisotopic (exact) mass is 288 g/mol. The maximum atomic E-state index is 12.9. The lowest BCUT2D eigenvalue weighted by molar-refractivity contribution is -0.156. The summed E-state index contributed by atoms with van der Waals surface area (Å²) in [7, 11) is 0. The summed E-state index contributed by atoms with van der Waals surface area (Å²) in [5.74, 6) is 2.70. The molecule has 4 saturated carbocycles. The van der Waals surface area contributed by atoms with E-state index in [1.165, 1.54) is 25.7 Å². The van der Waals surface area contributed by atoms with E-state index in [-0.39, 0.29) is 11.3 Å². The number of carbonyl (C=O) groups is 2. The molecule has 0 saturated heterocycles. The molecule has 0 bridgehead atoms. The molecule has 4 fully saturated rings. The molecule has 2 heteroatoms. The largest absolute Gasteiger partial charge is 0.299 e. The molecular weight excluding hydrogens is 260 g/mol. The summed E-state index contributed by atoms with van der Waals surface area (Å²) in [6.07, 6.45) is 9.86. The van der Waals surface area contributed by atoms with Gasteiger partial charge in [0.15, 0.2) is 0 Å². The third-order valence-electron chi connectivity index (χ3n) is 8.10. The van der Waals surface area contributed by atoms with Gasteiger partial charge in [-0.1, -0.05) is 26.7 Å². The second kappa shape index (κ2) is 4.43. The van der Waals surface area contributed by atoms with Crippen LogP contribution in [-0.2, 0) is 9.59 Å². The topological polar surface area (TPSA) is 34.1 Å². The van der Waals surface area contributed by atoms with Crippen LogP contribution in [0.2, 0.25) is 0 Å². The Morgan fingerprint density at radius 1 is 0.952 bits per heavy atom. The van der Waals surface area contributed by atoms with Crippen molar-refractivity contribution >= 4 is 11.6 Å². The number of ketones is 2. The first kappa shape index (κ1) is 14.0. The molecule has 0 unspecified atom stereocenters. The molecule has 6 atom stereocenters. The third kappa shape index (κ3) is 1.71. The molecule has 0 amide bonds. The normalized spacial score (nSPS) is 53.0. The van der Waals surface area contributed by atoms with Gasteiger partial charge in [0.1, 0.15) is 11.6 Å². The molecule has 4 rings (SSSR count). The zero-order valence-corrected chi connectivity index (χ0v) is 13.5. The molecule has 0 N–H and O–H groups in total. The molecule has 4 aliphatic carbocycles. The molecule has 4 aliphatic rings. The van der Waals surface area contributed by atoms with Crippen molar-refractivity contribution < 1.29 is 9.59 Å². The van der Waals surface area contributed by atoms with Crippen molar-refractivity contribution in [2.75, 3.05) is 0 Å². The number of fused-ring (bicyclic) bond motifs is 5. The predicted octanol–water partition coefficient (Wildman–Crippen LogP) is 4.17. The van der Waals surface area contributed by atoms with Crippen molar-refractivity contribution in [3.05, 3.63) is 0 Å². The van der Waals surface area contributed by atoms with E-state index in [9.17, 15) is 9.59 Å². The van der Waals surface area contributed by atoms with Crippen LogP contribution in [0.3, 0.4) is 0 Å². The van der Waals surface area contributed by atoms with Crippen LogP contribution >= 0.6 is 0 Å². The molecular formula is C19H28O2. The second-order valence-electron chi connectivity index (χ2n) is 8.78. The van der Waals surface area contributed by atoms with Gasteiger partial charge in [-0.2, -0.15) is 0 Å². The van der Waals surface area contributed by atoms with Gasteiger partial charge in [0.2, 0.25) is 0 Å². The van der Waals surface area contributed by atoms with Crippen molar-refractivity contribution in [1.82, 2.24) is 0 Å². The maximum absolute atomic E-state index is 12.9. The van der Waals surface area contributed by atoms with E-state index in [0.717, 1.165) is 32.1 Å². The molecule has 0 spiro atoms. The highest BCUT2D eigenvalue weighted by atomic mass is 16.1. The van der Waals surface area contributed by atoms with Gasteiger partial charge in [-0.25, -0.2) is 0 Å². The number of Topliss-reactive ketones (excluding diaryl/α,β-unsaturated/α-hetero) is 2. The van der Waals surface area contributed by atoms with Gasteiger partial charge in [0.25, 0.3) is 0 Å². The maximum Gasteiger partial charge on any atom is 0.139 e. The minimum Gasteiger partial charge on any atom is -0.299 e. The van der Waals surface area contributed by atoms with Crippen LogP contribution in [0.1, 0.15) is 71.6 Å². The highest BCUT2D eigenvalue weighted by Crippen LogP contribution is 2.64. The molecule has 0 aromatic heterocycles. The van der Waals surface area contributed by atoms with Crippen molar-refractivity contribution in [1.29, 1.82) is 0 Å². The Balaban J connectivity index is 1.72. The van der Waals surface area contributed by atoms with Crippen molar-refractivity contribution in [3.8, 4) is 0 Å². The van der Waals surface area contributed by atoms with Crippen molar-refractivity contribution in [2.24, 2.45) is 34.5 Å². The number of hydrogen-bond donors (Lipinski definition) is 0. The first-order valence-corrected chi connectivity index (χ1v) is 9.03.